The molecular weight excluding hydrogens is 352 g/mol. The molecule has 0 radical (unpaired) electrons. The largest absolute Gasteiger partial charge is 0.385 e. The minimum Gasteiger partial charge on any atom is -0.385 e. The molecule has 2 aromatic rings. The lowest BCUT2D eigenvalue weighted by Gasteiger charge is -2.21. The monoisotopic (exact) mass is 375 g/mol. The van der Waals surface area contributed by atoms with Crippen LogP contribution in [0.5, 0.6) is 0 Å². The van der Waals surface area contributed by atoms with Crippen molar-refractivity contribution in [2.45, 2.75) is 31.8 Å². The molecule has 0 saturated heterocycles. The first-order chi connectivity index (χ1) is 13.2. The van der Waals surface area contributed by atoms with E-state index in [0.717, 1.165) is 37.3 Å². The maximum Gasteiger partial charge on any atom is 0.224 e. The van der Waals surface area contributed by atoms with Gasteiger partial charge < -0.3 is 19.9 Å². The molecule has 1 aliphatic heterocycles. The van der Waals surface area contributed by atoms with Crippen LogP contribution >= 0.6 is 0 Å². The van der Waals surface area contributed by atoms with Crippen molar-refractivity contribution in [3.8, 4) is 0 Å². The third-order valence-electron chi connectivity index (χ3n) is 4.83. The summed E-state index contributed by atoms with van der Waals surface area (Å²) in [5.41, 5.74) is 0.846. The van der Waals surface area contributed by atoms with Crippen LogP contribution in [0.3, 0.4) is 0 Å². The molecule has 0 bridgehead atoms. The number of hydrogen-bond donors (Lipinski definition) is 1. The van der Waals surface area contributed by atoms with Crippen molar-refractivity contribution in [2.24, 2.45) is 0 Å². The molecule has 0 unspecified atom stereocenters. The Hall–Kier alpha value is -2.48. The summed E-state index contributed by atoms with van der Waals surface area (Å²) >= 11 is 0. The van der Waals surface area contributed by atoms with Gasteiger partial charge in [-0.05, 0) is 31.4 Å². The van der Waals surface area contributed by atoms with E-state index in [1.165, 1.54) is 18.2 Å². The van der Waals surface area contributed by atoms with E-state index in [1.54, 1.807) is 13.3 Å². The van der Waals surface area contributed by atoms with Crippen LogP contribution in [0.2, 0.25) is 0 Å². The highest BCUT2D eigenvalue weighted by molar-refractivity contribution is 5.73. The highest BCUT2D eigenvalue weighted by Crippen LogP contribution is 2.36. The van der Waals surface area contributed by atoms with Gasteiger partial charge in [-0.3, -0.25) is 0 Å². The minimum absolute atomic E-state index is 0.0578. The van der Waals surface area contributed by atoms with Crippen molar-refractivity contribution in [3.05, 3.63) is 41.6 Å². The van der Waals surface area contributed by atoms with Gasteiger partial charge in [-0.25, -0.2) is 13.8 Å². The molecule has 8 heteroatoms. The van der Waals surface area contributed by atoms with Crippen LogP contribution in [0.4, 0.5) is 26.2 Å². The van der Waals surface area contributed by atoms with Crippen LogP contribution in [0, 0.1) is 11.6 Å². The van der Waals surface area contributed by atoms with Crippen LogP contribution < -0.4 is 15.1 Å². The van der Waals surface area contributed by atoms with Gasteiger partial charge in [0.25, 0.3) is 0 Å². The molecule has 2 heterocycles. The summed E-state index contributed by atoms with van der Waals surface area (Å²) in [5.74, 6) is 0.317. The summed E-state index contributed by atoms with van der Waals surface area (Å²) < 4.78 is 33.3. The van der Waals surface area contributed by atoms with Gasteiger partial charge >= 0.3 is 0 Å². The standard InChI is InChI=1S/C19H23F2N5O/c1-27-9-3-8-25-12-26(11-14-15(20)4-2-5-16(14)21)17-10-22-19(24-18(17)25)23-13-6-7-13/h2,4-5,10,13H,3,6-9,11-12H2,1H3,(H,22,23,24). The molecule has 4 rings (SSSR count). The number of nitrogens with zero attached hydrogens (tertiary/aromatic N) is 4. The SMILES string of the molecule is COCCCN1CN(Cc2c(F)cccc2F)c2cnc(NC3CC3)nc21. The predicted octanol–water partition coefficient (Wildman–Crippen LogP) is 3.15. The van der Waals surface area contributed by atoms with Gasteiger partial charge in [-0.1, -0.05) is 6.07 Å². The number of aromatic nitrogens is 2. The van der Waals surface area contributed by atoms with Crippen molar-refractivity contribution in [2.75, 3.05) is 42.0 Å². The number of halogens is 2. The molecule has 1 fully saturated rings. The number of fused-ring (bicyclic) bond motifs is 1. The Bertz CT molecular complexity index is 794. The van der Waals surface area contributed by atoms with Crippen molar-refractivity contribution in [1.82, 2.24) is 9.97 Å². The second kappa shape index (κ2) is 7.64. The quantitative estimate of drug-likeness (QED) is 0.716. The van der Waals surface area contributed by atoms with Crippen LogP contribution in [-0.4, -0.2) is 42.9 Å². The molecule has 2 aliphatic rings. The van der Waals surface area contributed by atoms with Crippen molar-refractivity contribution < 1.29 is 13.5 Å². The van der Waals surface area contributed by atoms with E-state index in [9.17, 15) is 8.78 Å². The second-order valence-corrected chi connectivity index (χ2v) is 6.97. The van der Waals surface area contributed by atoms with E-state index in [-0.39, 0.29) is 12.1 Å². The molecule has 0 spiro atoms. The molecule has 27 heavy (non-hydrogen) atoms. The third-order valence-corrected chi connectivity index (χ3v) is 4.83. The molecule has 1 N–H and O–H groups in total. The average Bonchev–Trinajstić information content (AvgIpc) is 3.40. The normalized spacial score (nSPS) is 16.0. The Kier molecular flexibility index (Phi) is 5.07. The first kappa shape index (κ1) is 17.9. The Morgan fingerprint density at radius 2 is 2.00 bits per heavy atom. The van der Waals surface area contributed by atoms with Gasteiger partial charge in [0.2, 0.25) is 5.95 Å². The number of methoxy groups -OCH3 is 1. The average molecular weight is 375 g/mol. The minimum atomic E-state index is -0.540. The number of anilines is 3. The molecule has 1 saturated carbocycles. The predicted molar refractivity (Wildman–Crippen MR) is 99.9 cm³/mol. The lowest BCUT2D eigenvalue weighted by atomic mass is 10.2. The molecule has 0 amide bonds. The zero-order chi connectivity index (χ0) is 18.8. The summed E-state index contributed by atoms with van der Waals surface area (Å²) in [6.07, 6.45) is 4.85. The molecule has 1 aliphatic carbocycles. The van der Waals surface area contributed by atoms with E-state index >= 15 is 0 Å². The van der Waals surface area contributed by atoms with Crippen LogP contribution in [0.25, 0.3) is 0 Å². The smallest absolute Gasteiger partial charge is 0.224 e. The second-order valence-electron chi connectivity index (χ2n) is 6.97. The molecular formula is C19H23F2N5O. The van der Waals surface area contributed by atoms with Gasteiger partial charge in [0.15, 0.2) is 5.82 Å². The summed E-state index contributed by atoms with van der Waals surface area (Å²) in [4.78, 5) is 13.1. The Morgan fingerprint density at radius 3 is 2.70 bits per heavy atom. The van der Waals surface area contributed by atoms with Crippen molar-refractivity contribution in [3.63, 3.8) is 0 Å². The molecule has 1 aromatic heterocycles. The van der Waals surface area contributed by atoms with E-state index in [0.29, 0.717) is 25.3 Å². The summed E-state index contributed by atoms with van der Waals surface area (Å²) in [6.45, 7) is 2.03. The number of nitrogens with one attached hydrogen (secondary N) is 1. The highest BCUT2D eigenvalue weighted by Gasteiger charge is 2.30. The van der Waals surface area contributed by atoms with E-state index in [2.05, 4.69) is 20.2 Å². The number of hydrogen-bond acceptors (Lipinski definition) is 6. The van der Waals surface area contributed by atoms with Gasteiger partial charge in [0, 0.05) is 31.9 Å². The summed E-state index contributed by atoms with van der Waals surface area (Å²) in [6, 6.07) is 4.40. The Morgan fingerprint density at radius 1 is 1.22 bits per heavy atom. The van der Waals surface area contributed by atoms with Crippen molar-refractivity contribution in [1.29, 1.82) is 0 Å². The Balaban J connectivity index is 1.58. The first-order valence-corrected chi connectivity index (χ1v) is 9.21. The number of rotatable bonds is 8. The molecule has 6 nitrogen and oxygen atoms in total. The maximum atomic E-state index is 14.1. The fourth-order valence-electron chi connectivity index (χ4n) is 3.24. The third kappa shape index (κ3) is 3.95. The van der Waals surface area contributed by atoms with Gasteiger partial charge in [0.1, 0.15) is 17.3 Å². The number of benzene rings is 1. The summed E-state index contributed by atoms with van der Waals surface area (Å²) in [7, 11) is 1.67. The fourth-order valence-corrected chi connectivity index (χ4v) is 3.24. The zero-order valence-corrected chi connectivity index (χ0v) is 15.3. The van der Waals surface area contributed by atoms with Crippen LogP contribution in [-0.2, 0) is 11.3 Å². The summed E-state index contributed by atoms with van der Waals surface area (Å²) in [5, 5.41) is 3.30. The highest BCUT2D eigenvalue weighted by atomic mass is 19.1. The first-order valence-electron chi connectivity index (χ1n) is 9.21. The van der Waals surface area contributed by atoms with Gasteiger partial charge in [0.05, 0.1) is 19.4 Å². The molecule has 1 aromatic carbocycles. The lowest BCUT2D eigenvalue weighted by molar-refractivity contribution is 0.196. The molecule has 144 valence electrons. The molecule has 0 atom stereocenters. The number of ether oxygens (including phenoxy) is 1. The lowest BCUT2D eigenvalue weighted by Crippen LogP contribution is -2.32. The van der Waals surface area contributed by atoms with Gasteiger partial charge in [-0.2, -0.15) is 4.98 Å². The van der Waals surface area contributed by atoms with E-state index < -0.39 is 11.6 Å². The van der Waals surface area contributed by atoms with Gasteiger partial charge in [-0.15, -0.1) is 0 Å². The van der Waals surface area contributed by atoms with Crippen molar-refractivity contribution >= 4 is 17.5 Å². The Labute approximate surface area is 157 Å². The maximum absolute atomic E-state index is 14.1. The van der Waals surface area contributed by atoms with Crippen LogP contribution in [0.1, 0.15) is 24.8 Å². The zero-order valence-electron chi connectivity index (χ0n) is 15.3. The topological polar surface area (TPSA) is 53.5 Å². The van der Waals surface area contributed by atoms with Crippen LogP contribution in [0.15, 0.2) is 24.4 Å². The van der Waals surface area contributed by atoms with E-state index in [4.69, 9.17) is 4.74 Å². The fraction of sp³-hybridized carbons (Fsp3) is 0.474. The van der Waals surface area contributed by atoms with E-state index in [1.807, 2.05) is 4.90 Å².